The zero-order chi connectivity index (χ0) is 24.9. The predicted octanol–water partition coefficient (Wildman–Crippen LogP) is 7.12. The van der Waals surface area contributed by atoms with Gasteiger partial charge in [-0.25, -0.2) is 15.0 Å². The van der Waals surface area contributed by atoms with Crippen LogP contribution in [0, 0.1) is 0 Å². The summed E-state index contributed by atoms with van der Waals surface area (Å²) in [6.45, 7) is 0. The van der Waals surface area contributed by atoms with E-state index >= 15 is 0 Å². The second kappa shape index (κ2) is 10.2. The van der Waals surface area contributed by atoms with Crippen molar-refractivity contribution in [3.63, 3.8) is 0 Å². The van der Waals surface area contributed by atoms with Gasteiger partial charge in [0.05, 0.1) is 5.69 Å². The maximum absolute atomic E-state index is 6.06. The molecule has 0 aliphatic carbocycles. The highest BCUT2D eigenvalue weighted by molar-refractivity contribution is 5.66. The van der Waals surface area contributed by atoms with Crippen molar-refractivity contribution in [2.24, 2.45) is 0 Å². The maximum Gasteiger partial charge on any atom is 0.164 e. The van der Waals surface area contributed by atoms with E-state index in [0.29, 0.717) is 17.5 Å². The summed E-state index contributed by atoms with van der Waals surface area (Å²) in [4.78, 5) is 14.3. The lowest BCUT2D eigenvalue weighted by Gasteiger charge is -2.10. The molecule has 0 bridgehead atoms. The van der Waals surface area contributed by atoms with Gasteiger partial charge in [0.25, 0.3) is 0 Å². The molecule has 0 amide bonds. The van der Waals surface area contributed by atoms with Crippen LogP contribution in [0.4, 0.5) is 0 Å². The first-order valence-corrected chi connectivity index (χ1v) is 11.9. The molecule has 0 fully saturated rings. The summed E-state index contributed by atoms with van der Waals surface area (Å²) in [5, 5.41) is 8.08. The summed E-state index contributed by atoms with van der Waals surface area (Å²) < 4.78 is 6.06. The van der Waals surface area contributed by atoms with Gasteiger partial charge in [0, 0.05) is 28.5 Å². The molecule has 2 aromatic heterocycles. The van der Waals surface area contributed by atoms with Crippen molar-refractivity contribution in [1.29, 1.82) is 0 Å². The molecule has 0 aliphatic heterocycles. The van der Waals surface area contributed by atoms with Gasteiger partial charge in [-0.15, -0.1) is 0 Å². The normalized spacial score (nSPS) is 10.7. The number of benzene rings is 4. The van der Waals surface area contributed by atoms with Crippen LogP contribution in [0.2, 0.25) is 0 Å². The molecule has 6 aromatic rings. The molecule has 0 saturated heterocycles. The van der Waals surface area contributed by atoms with Crippen molar-refractivity contribution < 1.29 is 4.74 Å². The summed E-state index contributed by atoms with van der Waals surface area (Å²) in [6, 6.07) is 39.2. The largest absolute Gasteiger partial charge is 0.457 e. The molecular formula is C31H21N5O. The fourth-order valence-electron chi connectivity index (χ4n) is 3.90. The SMILES string of the molecule is c1ccc(-c2nc(-c3ccccc3)nc(-c3ccc(Oc4ccc(-c5cccnn5)cc4)cc3)n2)cc1. The third kappa shape index (κ3) is 5.09. The summed E-state index contributed by atoms with van der Waals surface area (Å²) in [5.74, 6) is 3.32. The van der Waals surface area contributed by atoms with Crippen LogP contribution in [0.5, 0.6) is 11.5 Å². The van der Waals surface area contributed by atoms with Crippen LogP contribution in [-0.2, 0) is 0 Å². The van der Waals surface area contributed by atoms with E-state index in [2.05, 4.69) is 10.2 Å². The molecule has 4 aromatic carbocycles. The van der Waals surface area contributed by atoms with Crippen LogP contribution in [0.3, 0.4) is 0 Å². The molecule has 0 unspecified atom stereocenters. The van der Waals surface area contributed by atoms with Gasteiger partial charge >= 0.3 is 0 Å². The zero-order valence-electron chi connectivity index (χ0n) is 19.8. The zero-order valence-corrected chi connectivity index (χ0v) is 19.8. The molecule has 6 heteroatoms. The van der Waals surface area contributed by atoms with Crippen LogP contribution >= 0.6 is 0 Å². The highest BCUT2D eigenvalue weighted by Crippen LogP contribution is 2.28. The van der Waals surface area contributed by atoms with Gasteiger partial charge in [-0.2, -0.15) is 10.2 Å². The summed E-state index contributed by atoms with van der Waals surface area (Å²) in [6.07, 6.45) is 1.66. The molecule has 0 atom stereocenters. The molecule has 0 saturated carbocycles. The minimum atomic E-state index is 0.604. The fourth-order valence-corrected chi connectivity index (χ4v) is 3.90. The summed E-state index contributed by atoms with van der Waals surface area (Å²) >= 11 is 0. The van der Waals surface area contributed by atoms with Crippen molar-refractivity contribution in [2.75, 3.05) is 0 Å². The number of ether oxygens (including phenoxy) is 1. The number of rotatable bonds is 6. The van der Waals surface area contributed by atoms with E-state index in [-0.39, 0.29) is 0 Å². The molecular weight excluding hydrogens is 458 g/mol. The summed E-state index contributed by atoms with van der Waals surface area (Å²) in [7, 11) is 0. The molecule has 0 aliphatic rings. The van der Waals surface area contributed by atoms with Crippen LogP contribution in [0.1, 0.15) is 0 Å². The van der Waals surface area contributed by atoms with E-state index in [9.17, 15) is 0 Å². The first-order valence-electron chi connectivity index (χ1n) is 11.9. The molecule has 6 rings (SSSR count). The third-order valence-electron chi connectivity index (χ3n) is 5.77. The Balaban J connectivity index is 1.28. The molecule has 37 heavy (non-hydrogen) atoms. The Morgan fingerprint density at radius 3 is 1.32 bits per heavy atom. The molecule has 0 spiro atoms. The molecule has 0 radical (unpaired) electrons. The van der Waals surface area contributed by atoms with Crippen LogP contribution in [0.25, 0.3) is 45.4 Å². The first-order chi connectivity index (χ1) is 18.3. The Morgan fingerprint density at radius 1 is 0.405 bits per heavy atom. The Labute approximate surface area is 214 Å². The van der Waals surface area contributed by atoms with E-state index < -0.39 is 0 Å². The van der Waals surface area contributed by atoms with Crippen molar-refractivity contribution in [3.8, 4) is 56.9 Å². The number of hydrogen-bond acceptors (Lipinski definition) is 6. The smallest absolute Gasteiger partial charge is 0.164 e. The van der Waals surface area contributed by atoms with E-state index in [1.54, 1.807) is 6.20 Å². The lowest BCUT2D eigenvalue weighted by molar-refractivity contribution is 0.483. The van der Waals surface area contributed by atoms with Crippen LogP contribution < -0.4 is 4.74 Å². The molecule has 176 valence electrons. The maximum atomic E-state index is 6.06. The van der Waals surface area contributed by atoms with Crippen molar-refractivity contribution in [1.82, 2.24) is 25.1 Å². The van der Waals surface area contributed by atoms with Crippen molar-refractivity contribution >= 4 is 0 Å². The first kappa shape index (κ1) is 22.2. The number of aromatic nitrogens is 5. The number of nitrogens with zero attached hydrogens (tertiary/aromatic N) is 5. The van der Waals surface area contributed by atoms with Gasteiger partial charge in [0.2, 0.25) is 0 Å². The van der Waals surface area contributed by atoms with Gasteiger partial charge in [-0.1, -0.05) is 60.7 Å². The molecule has 2 heterocycles. The van der Waals surface area contributed by atoms with E-state index in [4.69, 9.17) is 19.7 Å². The fraction of sp³-hybridized carbons (Fsp3) is 0. The average molecular weight is 480 g/mol. The van der Waals surface area contributed by atoms with E-state index in [0.717, 1.165) is 39.4 Å². The van der Waals surface area contributed by atoms with Gasteiger partial charge in [0.15, 0.2) is 17.5 Å². The lowest BCUT2D eigenvalue weighted by Crippen LogP contribution is -2.00. The van der Waals surface area contributed by atoms with Crippen LogP contribution in [-0.4, -0.2) is 25.1 Å². The predicted molar refractivity (Wildman–Crippen MR) is 144 cm³/mol. The van der Waals surface area contributed by atoms with Crippen molar-refractivity contribution in [3.05, 3.63) is 128 Å². The van der Waals surface area contributed by atoms with Gasteiger partial charge < -0.3 is 4.74 Å². The minimum Gasteiger partial charge on any atom is -0.457 e. The standard InChI is InChI=1S/C31H21N5O/c1-3-8-23(9-4-1)29-33-30(24-10-5-2-6-11-24)35-31(34-29)25-15-19-27(20-16-25)37-26-17-13-22(14-18-26)28-12-7-21-32-36-28/h1-21H. The highest BCUT2D eigenvalue weighted by atomic mass is 16.5. The second-order valence-corrected chi connectivity index (χ2v) is 8.30. The lowest BCUT2D eigenvalue weighted by atomic mass is 10.1. The van der Waals surface area contributed by atoms with Crippen molar-refractivity contribution in [2.45, 2.75) is 0 Å². The van der Waals surface area contributed by atoms with Gasteiger partial charge in [-0.05, 0) is 60.7 Å². The third-order valence-corrected chi connectivity index (χ3v) is 5.77. The second-order valence-electron chi connectivity index (χ2n) is 8.30. The molecule has 6 nitrogen and oxygen atoms in total. The average Bonchev–Trinajstić information content (AvgIpc) is 2.99. The summed E-state index contributed by atoms with van der Waals surface area (Å²) in [5.41, 5.74) is 4.55. The molecule has 0 N–H and O–H groups in total. The van der Waals surface area contributed by atoms with E-state index in [1.165, 1.54) is 0 Å². The van der Waals surface area contributed by atoms with Gasteiger partial charge in [0.1, 0.15) is 11.5 Å². The minimum absolute atomic E-state index is 0.604. The van der Waals surface area contributed by atoms with Gasteiger partial charge in [-0.3, -0.25) is 0 Å². The Bertz CT molecular complexity index is 1550. The van der Waals surface area contributed by atoms with Crippen LogP contribution in [0.15, 0.2) is 128 Å². The Hall–Kier alpha value is -5.23. The topological polar surface area (TPSA) is 73.7 Å². The monoisotopic (exact) mass is 479 g/mol. The van der Waals surface area contributed by atoms with E-state index in [1.807, 2.05) is 121 Å². The Morgan fingerprint density at radius 2 is 0.865 bits per heavy atom. The Kier molecular flexibility index (Phi) is 6.12. The number of hydrogen-bond donors (Lipinski definition) is 0. The highest BCUT2D eigenvalue weighted by Gasteiger charge is 2.12. The quantitative estimate of drug-likeness (QED) is 0.253.